The summed E-state index contributed by atoms with van der Waals surface area (Å²) in [4.78, 5) is 19.0. The number of hydrogen-bond acceptors (Lipinski definition) is 5. The predicted molar refractivity (Wildman–Crippen MR) is 62.9 cm³/mol. The Hall–Kier alpha value is -1.65. The lowest BCUT2D eigenvalue weighted by Crippen LogP contribution is -2.12. The number of carbonyl (C=O) groups excluding carboxylic acids is 1. The van der Waals surface area contributed by atoms with Crippen LogP contribution in [0.1, 0.15) is 37.7 Å². The molecule has 0 bridgehead atoms. The first-order valence-electron chi connectivity index (χ1n) is 5.45. The van der Waals surface area contributed by atoms with Crippen molar-refractivity contribution in [3.63, 3.8) is 0 Å². The number of methoxy groups -OCH3 is 1. The molecule has 0 N–H and O–H groups in total. The minimum atomic E-state index is -0.501. The molecule has 1 aromatic rings. The average molecular weight is 238 g/mol. The molecule has 1 rings (SSSR count). The third-order valence-corrected chi connectivity index (χ3v) is 2.12. The van der Waals surface area contributed by atoms with E-state index in [1.54, 1.807) is 0 Å². The van der Waals surface area contributed by atoms with Gasteiger partial charge in [-0.1, -0.05) is 20.8 Å². The smallest absolute Gasteiger partial charge is 0.358 e. The van der Waals surface area contributed by atoms with E-state index in [9.17, 15) is 4.79 Å². The Morgan fingerprint density at radius 3 is 2.47 bits per heavy atom. The van der Waals surface area contributed by atoms with Gasteiger partial charge in [-0.05, 0) is 11.8 Å². The zero-order chi connectivity index (χ0) is 12.9. The van der Waals surface area contributed by atoms with E-state index < -0.39 is 5.97 Å². The SMILES string of the molecule is COC(=O)c1cnc(OCCC(C)(C)C)cn1. The molecule has 1 aromatic heterocycles. The Bertz CT molecular complexity index is 368. The van der Waals surface area contributed by atoms with Crippen LogP contribution in [0, 0.1) is 5.41 Å². The van der Waals surface area contributed by atoms with Crippen molar-refractivity contribution >= 4 is 5.97 Å². The van der Waals surface area contributed by atoms with Gasteiger partial charge in [0.15, 0.2) is 5.69 Å². The molecule has 0 unspecified atom stereocenters. The molecular formula is C12H18N2O3. The highest BCUT2D eigenvalue weighted by molar-refractivity contribution is 5.86. The van der Waals surface area contributed by atoms with Crippen molar-refractivity contribution in [3.8, 4) is 5.88 Å². The van der Waals surface area contributed by atoms with Crippen molar-refractivity contribution in [1.82, 2.24) is 9.97 Å². The lowest BCUT2D eigenvalue weighted by molar-refractivity contribution is 0.0593. The van der Waals surface area contributed by atoms with E-state index in [0.29, 0.717) is 12.5 Å². The Labute approximate surface area is 101 Å². The van der Waals surface area contributed by atoms with Crippen LogP contribution >= 0.6 is 0 Å². The van der Waals surface area contributed by atoms with Gasteiger partial charge in [-0.2, -0.15) is 0 Å². The van der Waals surface area contributed by atoms with Crippen LogP contribution in [0.15, 0.2) is 12.4 Å². The van der Waals surface area contributed by atoms with E-state index in [1.165, 1.54) is 19.5 Å². The minimum absolute atomic E-state index is 0.177. The fourth-order valence-electron chi connectivity index (χ4n) is 1.06. The quantitative estimate of drug-likeness (QED) is 0.751. The molecule has 17 heavy (non-hydrogen) atoms. The lowest BCUT2D eigenvalue weighted by atomic mass is 9.93. The molecule has 0 spiro atoms. The normalized spacial score (nSPS) is 11.1. The monoisotopic (exact) mass is 238 g/mol. The van der Waals surface area contributed by atoms with Crippen LogP contribution in [0.3, 0.4) is 0 Å². The number of ether oxygens (including phenoxy) is 2. The largest absolute Gasteiger partial charge is 0.477 e. The Morgan fingerprint density at radius 2 is 2.00 bits per heavy atom. The van der Waals surface area contributed by atoms with Gasteiger partial charge in [-0.25, -0.2) is 14.8 Å². The summed E-state index contributed by atoms with van der Waals surface area (Å²) in [7, 11) is 1.30. The number of hydrogen-bond donors (Lipinski definition) is 0. The average Bonchev–Trinajstić information content (AvgIpc) is 2.27. The number of esters is 1. The van der Waals surface area contributed by atoms with Crippen LogP contribution in [0.4, 0.5) is 0 Å². The van der Waals surface area contributed by atoms with Crippen molar-refractivity contribution < 1.29 is 14.3 Å². The summed E-state index contributed by atoms with van der Waals surface area (Å²) in [6, 6.07) is 0. The van der Waals surface area contributed by atoms with Gasteiger partial charge in [-0.15, -0.1) is 0 Å². The number of rotatable bonds is 4. The zero-order valence-electron chi connectivity index (χ0n) is 10.7. The van der Waals surface area contributed by atoms with E-state index in [4.69, 9.17) is 4.74 Å². The first-order chi connectivity index (χ1) is 7.92. The lowest BCUT2D eigenvalue weighted by Gasteiger charge is -2.17. The second kappa shape index (κ2) is 5.61. The third kappa shape index (κ3) is 4.80. The second-order valence-corrected chi connectivity index (χ2v) is 4.89. The Morgan fingerprint density at radius 1 is 1.29 bits per heavy atom. The molecular weight excluding hydrogens is 220 g/mol. The third-order valence-electron chi connectivity index (χ3n) is 2.12. The van der Waals surface area contributed by atoms with Gasteiger partial charge in [-0.3, -0.25) is 0 Å². The molecule has 0 saturated heterocycles. The molecule has 0 aliphatic carbocycles. The number of aromatic nitrogens is 2. The van der Waals surface area contributed by atoms with Gasteiger partial charge in [0.2, 0.25) is 5.88 Å². The van der Waals surface area contributed by atoms with Crippen molar-refractivity contribution in [3.05, 3.63) is 18.1 Å². The van der Waals surface area contributed by atoms with E-state index in [1.807, 2.05) is 0 Å². The van der Waals surface area contributed by atoms with E-state index in [2.05, 4.69) is 35.5 Å². The van der Waals surface area contributed by atoms with Crippen LogP contribution in [0.5, 0.6) is 5.88 Å². The molecule has 5 nitrogen and oxygen atoms in total. The summed E-state index contributed by atoms with van der Waals surface area (Å²) in [6.45, 7) is 7.00. The Kier molecular flexibility index (Phi) is 4.43. The van der Waals surface area contributed by atoms with Crippen LogP contribution < -0.4 is 4.74 Å². The van der Waals surface area contributed by atoms with Crippen LogP contribution in [0.2, 0.25) is 0 Å². The summed E-state index contributed by atoms with van der Waals surface area (Å²) in [5.74, 6) is -0.0827. The molecule has 0 radical (unpaired) electrons. The highest BCUT2D eigenvalue weighted by Gasteiger charge is 2.11. The van der Waals surface area contributed by atoms with Crippen LogP contribution in [0.25, 0.3) is 0 Å². The first kappa shape index (κ1) is 13.4. The molecule has 0 aliphatic rings. The van der Waals surface area contributed by atoms with Gasteiger partial charge in [0.25, 0.3) is 0 Å². The summed E-state index contributed by atoms with van der Waals surface area (Å²) in [5, 5.41) is 0. The molecule has 94 valence electrons. The maximum atomic E-state index is 11.1. The summed E-state index contributed by atoms with van der Waals surface area (Å²) >= 11 is 0. The van der Waals surface area contributed by atoms with Gasteiger partial charge in [0.05, 0.1) is 26.1 Å². The summed E-state index contributed by atoms with van der Waals surface area (Å²) in [5.41, 5.74) is 0.398. The van der Waals surface area contributed by atoms with Gasteiger partial charge in [0.1, 0.15) is 0 Å². The molecule has 0 atom stereocenters. The Balaban J connectivity index is 2.49. The highest BCUT2D eigenvalue weighted by atomic mass is 16.5. The maximum Gasteiger partial charge on any atom is 0.358 e. The molecule has 0 aromatic carbocycles. The van der Waals surface area contributed by atoms with Crippen molar-refractivity contribution in [2.24, 2.45) is 5.41 Å². The van der Waals surface area contributed by atoms with Gasteiger partial charge < -0.3 is 9.47 Å². The van der Waals surface area contributed by atoms with Crippen LogP contribution in [-0.2, 0) is 4.74 Å². The van der Waals surface area contributed by atoms with Crippen molar-refractivity contribution in [1.29, 1.82) is 0 Å². The topological polar surface area (TPSA) is 61.3 Å². The molecule has 0 fully saturated rings. The minimum Gasteiger partial charge on any atom is -0.477 e. The van der Waals surface area contributed by atoms with E-state index in [0.717, 1.165) is 6.42 Å². The molecule has 0 saturated carbocycles. The second-order valence-electron chi connectivity index (χ2n) is 4.89. The van der Waals surface area contributed by atoms with Crippen LogP contribution in [-0.4, -0.2) is 29.7 Å². The first-order valence-corrected chi connectivity index (χ1v) is 5.45. The standard InChI is InChI=1S/C12H18N2O3/c1-12(2,3)5-6-17-10-8-13-9(7-14-10)11(15)16-4/h7-8H,5-6H2,1-4H3. The maximum absolute atomic E-state index is 11.1. The summed E-state index contributed by atoms with van der Waals surface area (Å²) in [6.07, 6.45) is 3.70. The van der Waals surface area contributed by atoms with E-state index in [-0.39, 0.29) is 11.1 Å². The van der Waals surface area contributed by atoms with Crippen molar-refractivity contribution in [2.75, 3.05) is 13.7 Å². The van der Waals surface area contributed by atoms with Gasteiger partial charge >= 0.3 is 5.97 Å². The highest BCUT2D eigenvalue weighted by Crippen LogP contribution is 2.18. The molecule has 1 heterocycles. The zero-order valence-corrected chi connectivity index (χ0v) is 10.7. The predicted octanol–water partition coefficient (Wildman–Crippen LogP) is 2.08. The number of nitrogens with zero attached hydrogens (tertiary/aromatic N) is 2. The van der Waals surface area contributed by atoms with Gasteiger partial charge in [0, 0.05) is 0 Å². The fraction of sp³-hybridized carbons (Fsp3) is 0.583. The molecule has 0 aliphatic heterocycles. The molecule has 0 amide bonds. The summed E-state index contributed by atoms with van der Waals surface area (Å²) < 4.78 is 9.94. The fourth-order valence-corrected chi connectivity index (χ4v) is 1.06. The van der Waals surface area contributed by atoms with E-state index >= 15 is 0 Å². The number of carbonyl (C=O) groups is 1. The molecule has 5 heteroatoms. The van der Waals surface area contributed by atoms with Crippen molar-refractivity contribution in [2.45, 2.75) is 27.2 Å².